The van der Waals surface area contributed by atoms with Crippen LogP contribution in [0.4, 0.5) is 0 Å². The minimum atomic E-state index is -0.713. The van der Waals surface area contributed by atoms with Crippen LogP contribution in [0.2, 0.25) is 0 Å². The summed E-state index contributed by atoms with van der Waals surface area (Å²) in [5, 5.41) is 16.1. The van der Waals surface area contributed by atoms with Crippen LogP contribution >= 0.6 is 0 Å². The van der Waals surface area contributed by atoms with Gasteiger partial charge < -0.3 is 5.11 Å². The third-order valence-corrected chi connectivity index (χ3v) is 3.74. The minimum absolute atomic E-state index is 0.621. The molecule has 0 aliphatic heterocycles. The molecule has 1 saturated carbocycles. The quantitative estimate of drug-likeness (QED) is 0.869. The Morgan fingerprint density at radius 3 is 2.44 bits per heavy atom. The molecule has 3 rings (SSSR count). The van der Waals surface area contributed by atoms with Crippen molar-refractivity contribution in [3.05, 3.63) is 41.7 Å². The Hall–Kier alpha value is -2.10. The Bertz CT molecular complexity index is 595. The molecule has 2 N–H and O–H groups in total. The van der Waals surface area contributed by atoms with Crippen molar-refractivity contribution in [1.82, 2.24) is 10.2 Å². The van der Waals surface area contributed by atoms with E-state index in [-0.39, 0.29) is 0 Å². The lowest BCUT2D eigenvalue weighted by Gasteiger charge is -2.10. The fourth-order valence-electron chi connectivity index (χ4n) is 2.36. The maximum Gasteiger partial charge on any atom is 0.314 e. The number of nitrogens with zero attached hydrogens (tertiary/aromatic N) is 1. The molecular formula is C14H14N2O2. The molecule has 0 unspecified atom stereocenters. The summed E-state index contributed by atoms with van der Waals surface area (Å²) in [6.45, 7) is 1.97. The van der Waals surface area contributed by atoms with E-state index in [9.17, 15) is 9.90 Å². The van der Waals surface area contributed by atoms with E-state index >= 15 is 0 Å². The molecule has 1 aliphatic carbocycles. The second kappa shape index (κ2) is 3.70. The molecule has 18 heavy (non-hydrogen) atoms. The number of benzene rings is 1. The number of carboxylic acids is 1. The summed E-state index contributed by atoms with van der Waals surface area (Å²) >= 11 is 0. The van der Waals surface area contributed by atoms with Gasteiger partial charge in [0.2, 0.25) is 0 Å². The Balaban J connectivity index is 1.95. The molecule has 0 saturated heterocycles. The number of aromatic nitrogens is 2. The third-order valence-electron chi connectivity index (χ3n) is 3.74. The summed E-state index contributed by atoms with van der Waals surface area (Å²) in [5.41, 5.74) is 3.42. The van der Waals surface area contributed by atoms with Crippen LogP contribution in [-0.4, -0.2) is 21.3 Å². The summed E-state index contributed by atoms with van der Waals surface area (Å²) in [4.78, 5) is 11.2. The van der Waals surface area contributed by atoms with Gasteiger partial charge in [0.05, 0.1) is 11.6 Å². The fraction of sp³-hybridized carbons (Fsp3) is 0.286. The zero-order chi connectivity index (χ0) is 12.8. The van der Waals surface area contributed by atoms with E-state index in [1.165, 1.54) is 0 Å². The van der Waals surface area contributed by atoms with Crippen LogP contribution in [0.15, 0.2) is 30.5 Å². The number of rotatable bonds is 3. The number of aromatic amines is 1. The van der Waals surface area contributed by atoms with Gasteiger partial charge in [0.25, 0.3) is 0 Å². The smallest absolute Gasteiger partial charge is 0.314 e. The van der Waals surface area contributed by atoms with Gasteiger partial charge in [-0.15, -0.1) is 0 Å². The lowest BCUT2D eigenvalue weighted by atomic mass is 9.94. The lowest BCUT2D eigenvalue weighted by Crippen LogP contribution is -2.19. The molecule has 0 bridgehead atoms. The van der Waals surface area contributed by atoms with Crippen LogP contribution in [0.1, 0.15) is 24.1 Å². The number of carbonyl (C=O) groups is 1. The molecule has 1 aromatic carbocycles. The fourth-order valence-corrected chi connectivity index (χ4v) is 2.36. The molecular weight excluding hydrogens is 228 g/mol. The molecule has 1 aromatic heterocycles. The van der Waals surface area contributed by atoms with Crippen LogP contribution in [0.5, 0.6) is 0 Å². The molecule has 1 aliphatic rings. The first-order valence-electron chi connectivity index (χ1n) is 5.98. The first kappa shape index (κ1) is 11.0. The highest BCUT2D eigenvalue weighted by molar-refractivity contribution is 5.85. The van der Waals surface area contributed by atoms with E-state index in [2.05, 4.69) is 10.2 Å². The van der Waals surface area contributed by atoms with Gasteiger partial charge in [-0.1, -0.05) is 24.3 Å². The van der Waals surface area contributed by atoms with E-state index in [0.29, 0.717) is 0 Å². The van der Waals surface area contributed by atoms with E-state index in [4.69, 9.17) is 0 Å². The zero-order valence-electron chi connectivity index (χ0n) is 10.1. The second-order valence-corrected chi connectivity index (χ2v) is 4.87. The maximum atomic E-state index is 11.2. The lowest BCUT2D eigenvalue weighted by molar-refractivity contribution is -0.140. The summed E-state index contributed by atoms with van der Waals surface area (Å²) in [7, 11) is 0. The highest BCUT2D eigenvalue weighted by atomic mass is 16.4. The Morgan fingerprint density at radius 1 is 1.33 bits per heavy atom. The first-order chi connectivity index (χ1) is 8.63. The van der Waals surface area contributed by atoms with Crippen molar-refractivity contribution in [2.75, 3.05) is 0 Å². The third kappa shape index (κ3) is 1.53. The predicted molar refractivity (Wildman–Crippen MR) is 67.3 cm³/mol. The van der Waals surface area contributed by atoms with Gasteiger partial charge in [-0.05, 0) is 30.9 Å². The molecule has 92 valence electrons. The average Bonchev–Trinajstić information content (AvgIpc) is 3.08. The Kier molecular flexibility index (Phi) is 2.26. The van der Waals surface area contributed by atoms with Gasteiger partial charge in [-0.25, -0.2) is 0 Å². The monoisotopic (exact) mass is 242 g/mol. The number of hydrogen-bond acceptors (Lipinski definition) is 2. The van der Waals surface area contributed by atoms with Crippen molar-refractivity contribution in [1.29, 1.82) is 0 Å². The standard InChI is InChI=1S/C14H14N2O2/c1-9-12(8-15-16-9)10-2-4-11(5-3-10)14(6-7-14)13(17)18/h2-5,8H,6-7H2,1H3,(H,15,16)(H,17,18). The predicted octanol–water partition coefficient (Wildman–Crippen LogP) is 2.50. The Labute approximate surface area is 105 Å². The topological polar surface area (TPSA) is 66.0 Å². The van der Waals surface area contributed by atoms with E-state index < -0.39 is 11.4 Å². The van der Waals surface area contributed by atoms with E-state index in [0.717, 1.165) is 35.2 Å². The number of carboxylic acid groups (broad SMARTS) is 1. The molecule has 4 nitrogen and oxygen atoms in total. The summed E-state index contributed by atoms with van der Waals surface area (Å²) in [5.74, 6) is -0.713. The highest BCUT2D eigenvalue weighted by Crippen LogP contribution is 2.48. The van der Waals surface area contributed by atoms with Crippen LogP contribution in [0.3, 0.4) is 0 Å². The molecule has 1 fully saturated rings. The summed E-state index contributed by atoms with van der Waals surface area (Å²) < 4.78 is 0. The maximum absolute atomic E-state index is 11.2. The van der Waals surface area contributed by atoms with Gasteiger partial charge in [0, 0.05) is 11.3 Å². The van der Waals surface area contributed by atoms with Crippen molar-refractivity contribution < 1.29 is 9.90 Å². The van der Waals surface area contributed by atoms with Crippen molar-refractivity contribution in [2.24, 2.45) is 0 Å². The van der Waals surface area contributed by atoms with Gasteiger partial charge in [-0.2, -0.15) is 5.10 Å². The average molecular weight is 242 g/mol. The number of aliphatic carboxylic acids is 1. The summed E-state index contributed by atoms with van der Waals surface area (Å²) in [6.07, 6.45) is 3.27. The number of H-pyrrole nitrogens is 1. The normalized spacial score (nSPS) is 16.5. The van der Waals surface area contributed by atoms with Crippen LogP contribution in [-0.2, 0) is 10.2 Å². The van der Waals surface area contributed by atoms with Gasteiger partial charge >= 0.3 is 5.97 Å². The second-order valence-electron chi connectivity index (χ2n) is 4.87. The number of nitrogens with one attached hydrogen (secondary N) is 1. The molecule has 1 heterocycles. The molecule has 4 heteroatoms. The van der Waals surface area contributed by atoms with Crippen molar-refractivity contribution in [3.8, 4) is 11.1 Å². The largest absolute Gasteiger partial charge is 0.481 e. The van der Waals surface area contributed by atoms with Gasteiger partial charge in [0.15, 0.2) is 0 Å². The van der Waals surface area contributed by atoms with Crippen LogP contribution in [0, 0.1) is 6.92 Å². The highest BCUT2D eigenvalue weighted by Gasteiger charge is 2.51. The van der Waals surface area contributed by atoms with Crippen LogP contribution in [0.25, 0.3) is 11.1 Å². The SMILES string of the molecule is Cc1[nH]ncc1-c1ccc(C2(C(=O)O)CC2)cc1. The zero-order valence-corrected chi connectivity index (χ0v) is 10.1. The van der Waals surface area contributed by atoms with Gasteiger partial charge in [-0.3, -0.25) is 9.89 Å². The van der Waals surface area contributed by atoms with Crippen molar-refractivity contribution in [2.45, 2.75) is 25.2 Å². The van der Waals surface area contributed by atoms with Crippen molar-refractivity contribution in [3.63, 3.8) is 0 Å². The molecule has 0 amide bonds. The number of aryl methyl sites for hydroxylation is 1. The minimum Gasteiger partial charge on any atom is -0.481 e. The molecule has 0 spiro atoms. The van der Waals surface area contributed by atoms with Gasteiger partial charge in [0.1, 0.15) is 0 Å². The Morgan fingerprint density at radius 2 is 2.00 bits per heavy atom. The van der Waals surface area contributed by atoms with Crippen LogP contribution < -0.4 is 0 Å². The van der Waals surface area contributed by atoms with E-state index in [1.54, 1.807) is 6.20 Å². The van der Waals surface area contributed by atoms with E-state index in [1.807, 2.05) is 31.2 Å². The molecule has 2 aromatic rings. The molecule has 0 radical (unpaired) electrons. The van der Waals surface area contributed by atoms with Crippen molar-refractivity contribution >= 4 is 5.97 Å². The molecule has 0 atom stereocenters. The summed E-state index contributed by atoms with van der Waals surface area (Å²) in [6, 6.07) is 7.78. The first-order valence-corrected chi connectivity index (χ1v) is 5.98. The number of hydrogen-bond donors (Lipinski definition) is 2.